The first-order chi connectivity index (χ1) is 9.91. The molecule has 126 valence electrons. The van der Waals surface area contributed by atoms with Gasteiger partial charge in [-0.2, -0.15) is 0 Å². The molecule has 5 fully saturated rings. The van der Waals surface area contributed by atoms with Crippen molar-refractivity contribution in [3.63, 3.8) is 0 Å². The molecule has 5 aliphatic rings. The van der Waals surface area contributed by atoms with Gasteiger partial charge in [-0.05, 0) is 74.7 Å². The van der Waals surface area contributed by atoms with Gasteiger partial charge in [0.2, 0.25) is 5.91 Å². The molecule has 22 heavy (non-hydrogen) atoms. The number of halogens is 1. The topological polar surface area (TPSA) is 41.1 Å². The maximum absolute atomic E-state index is 13.1. The first-order valence-corrected chi connectivity index (χ1v) is 8.92. The Hall–Kier alpha value is -0.280. The molecular weight excluding hydrogens is 296 g/mol. The van der Waals surface area contributed by atoms with Crippen LogP contribution in [0.3, 0.4) is 0 Å². The number of hydrogen-bond acceptors (Lipinski definition) is 2. The fourth-order valence-corrected chi connectivity index (χ4v) is 7.01. The van der Waals surface area contributed by atoms with E-state index in [4.69, 9.17) is 0 Å². The molecule has 0 radical (unpaired) electrons. The zero-order valence-electron chi connectivity index (χ0n) is 14.0. The molecule has 5 rings (SSSR count). The fourth-order valence-electron chi connectivity index (χ4n) is 7.01. The molecule has 2 unspecified atom stereocenters. The van der Waals surface area contributed by atoms with Crippen molar-refractivity contribution >= 4 is 18.3 Å². The maximum Gasteiger partial charge on any atom is 0.226 e. The van der Waals surface area contributed by atoms with Gasteiger partial charge in [-0.1, -0.05) is 13.8 Å². The molecule has 0 spiro atoms. The molecule has 3 nitrogen and oxygen atoms in total. The van der Waals surface area contributed by atoms with Crippen LogP contribution in [0.1, 0.15) is 65.2 Å². The molecule has 4 aliphatic carbocycles. The highest BCUT2D eigenvalue weighted by Gasteiger charge is 2.62. The number of hydrogen-bond donors (Lipinski definition) is 2. The maximum atomic E-state index is 13.1. The summed E-state index contributed by atoms with van der Waals surface area (Å²) in [4.78, 5) is 13.1. The summed E-state index contributed by atoms with van der Waals surface area (Å²) in [6.45, 7) is 6.95. The lowest BCUT2D eigenvalue weighted by Crippen LogP contribution is -2.61. The van der Waals surface area contributed by atoms with E-state index < -0.39 is 0 Å². The molecular formula is C18H31ClN2O. The summed E-state index contributed by atoms with van der Waals surface area (Å²) < 4.78 is 0. The predicted molar refractivity (Wildman–Crippen MR) is 91.1 cm³/mol. The van der Waals surface area contributed by atoms with Crippen LogP contribution in [0.5, 0.6) is 0 Å². The largest absolute Gasteiger partial charge is 0.352 e. The van der Waals surface area contributed by atoms with Gasteiger partial charge in [0.05, 0.1) is 5.41 Å². The van der Waals surface area contributed by atoms with E-state index in [1.54, 1.807) is 0 Å². The van der Waals surface area contributed by atoms with Crippen molar-refractivity contribution < 1.29 is 4.79 Å². The second kappa shape index (κ2) is 5.37. The van der Waals surface area contributed by atoms with Gasteiger partial charge >= 0.3 is 0 Å². The van der Waals surface area contributed by atoms with Crippen molar-refractivity contribution in [2.45, 2.75) is 71.3 Å². The summed E-state index contributed by atoms with van der Waals surface area (Å²) in [6, 6.07) is 0.361. The lowest BCUT2D eigenvalue weighted by atomic mass is 9.40. The smallest absolute Gasteiger partial charge is 0.226 e. The molecule has 1 aliphatic heterocycles. The molecule has 0 aromatic heterocycles. The van der Waals surface area contributed by atoms with Crippen LogP contribution in [0.25, 0.3) is 0 Å². The van der Waals surface area contributed by atoms with Gasteiger partial charge in [-0.3, -0.25) is 4.79 Å². The number of carbonyl (C=O) groups is 1. The van der Waals surface area contributed by atoms with Gasteiger partial charge < -0.3 is 10.6 Å². The second-order valence-corrected chi connectivity index (χ2v) is 9.43. The first kappa shape index (κ1) is 16.6. The van der Waals surface area contributed by atoms with E-state index in [1.807, 2.05) is 0 Å². The highest BCUT2D eigenvalue weighted by molar-refractivity contribution is 5.85. The van der Waals surface area contributed by atoms with Gasteiger partial charge in [-0.15, -0.1) is 12.4 Å². The molecule has 1 saturated heterocycles. The highest BCUT2D eigenvalue weighted by Crippen LogP contribution is 2.69. The van der Waals surface area contributed by atoms with E-state index in [9.17, 15) is 4.79 Å². The molecule has 4 saturated carbocycles. The lowest BCUT2D eigenvalue weighted by molar-refractivity contribution is -0.170. The third-order valence-electron chi connectivity index (χ3n) is 6.74. The lowest BCUT2D eigenvalue weighted by Gasteiger charge is -2.64. The number of amides is 1. The Labute approximate surface area is 140 Å². The minimum atomic E-state index is -0.0413. The van der Waals surface area contributed by atoms with E-state index >= 15 is 0 Å². The van der Waals surface area contributed by atoms with Crippen LogP contribution in [-0.2, 0) is 4.79 Å². The fraction of sp³-hybridized carbons (Fsp3) is 0.944. The van der Waals surface area contributed by atoms with Crippen LogP contribution in [0.2, 0.25) is 0 Å². The molecule has 3 atom stereocenters. The van der Waals surface area contributed by atoms with E-state index in [2.05, 4.69) is 24.5 Å². The molecule has 1 heterocycles. The molecule has 0 aromatic rings. The summed E-state index contributed by atoms with van der Waals surface area (Å²) in [5, 5.41) is 6.82. The second-order valence-electron chi connectivity index (χ2n) is 9.43. The predicted octanol–water partition coefficient (Wildman–Crippen LogP) is 3.27. The third-order valence-corrected chi connectivity index (χ3v) is 6.74. The Kier molecular flexibility index (Phi) is 4.05. The standard InChI is InChI=1S/C18H30N2O.ClH/c1-16-6-13-7-17(2,10-16)12-18(8-13,11-16)15(21)20-14-4-3-5-19-9-14;/h13-14,19H,3-12H2,1-2H3,(H,20,21);1H/t13?,14-,16?,17?,18?;/m1./s1. The van der Waals surface area contributed by atoms with Crippen molar-refractivity contribution in [3.8, 4) is 0 Å². The normalized spacial score (nSPS) is 49.5. The van der Waals surface area contributed by atoms with Crippen molar-refractivity contribution in [2.24, 2.45) is 22.2 Å². The van der Waals surface area contributed by atoms with Crippen LogP contribution in [0.4, 0.5) is 0 Å². The molecule has 0 aromatic carbocycles. The average molecular weight is 327 g/mol. The number of nitrogens with one attached hydrogen (secondary N) is 2. The zero-order chi connectivity index (χ0) is 14.7. The third kappa shape index (κ3) is 2.69. The van der Waals surface area contributed by atoms with Gasteiger partial charge in [0.25, 0.3) is 0 Å². The minimum Gasteiger partial charge on any atom is -0.352 e. The van der Waals surface area contributed by atoms with Crippen LogP contribution in [0.15, 0.2) is 0 Å². The molecule has 2 N–H and O–H groups in total. The Morgan fingerprint density at radius 3 is 2.32 bits per heavy atom. The zero-order valence-corrected chi connectivity index (χ0v) is 14.9. The Morgan fingerprint density at radius 2 is 1.77 bits per heavy atom. The molecule has 4 heteroatoms. The van der Waals surface area contributed by atoms with Crippen LogP contribution >= 0.6 is 12.4 Å². The van der Waals surface area contributed by atoms with Gasteiger partial charge in [0, 0.05) is 12.6 Å². The van der Waals surface area contributed by atoms with Gasteiger partial charge in [0.1, 0.15) is 0 Å². The first-order valence-electron chi connectivity index (χ1n) is 8.92. The molecule has 1 amide bonds. The van der Waals surface area contributed by atoms with E-state index in [-0.39, 0.29) is 17.8 Å². The van der Waals surface area contributed by atoms with Crippen LogP contribution < -0.4 is 10.6 Å². The summed E-state index contributed by atoms with van der Waals surface area (Å²) in [7, 11) is 0. The SMILES string of the molecule is CC12CC3CC(C)(C1)CC(C(=O)N[C@@H]1CCCNC1)(C3)C2.Cl. The number of piperidine rings is 1. The minimum absolute atomic E-state index is 0. The van der Waals surface area contributed by atoms with Crippen molar-refractivity contribution in [3.05, 3.63) is 0 Å². The average Bonchev–Trinajstić information content (AvgIpc) is 2.35. The monoisotopic (exact) mass is 326 g/mol. The summed E-state index contributed by atoms with van der Waals surface area (Å²) in [5.41, 5.74) is 0.813. The van der Waals surface area contributed by atoms with Gasteiger partial charge in [0.15, 0.2) is 0 Å². The highest BCUT2D eigenvalue weighted by atomic mass is 35.5. The van der Waals surface area contributed by atoms with Crippen molar-refractivity contribution in [1.29, 1.82) is 0 Å². The Morgan fingerprint density at radius 1 is 1.09 bits per heavy atom. The number of carbonyl (C=O) groups excluding carboxylic acids is 1. The summed E-state index contributed by atoms with van der Waals surface area (Å²) >= 11 is 0. The summed E-state index contributed by atoms with van der Waals surface area (Å²) in [6.07, 6.45) is 9.84. The van der Waals surface area contributed by atoms with Crippen LogP contribution in [0, 0.1) is 22.2 Å². The summed E-state index contributed by atoms with van der Waals surface area (Å²) in [5.74, 6) is 1.18. The van der Waals surface area contributed by atoms with Gasteiger partial charge in [-0.25, -0.2) is 0 Å². The van der Waals surface area contributed by atoms with Crippen molar-refractivity contribution in [1.82, 2.24) is 10.6 Å². The van der Waals surface area contributed by atoms with E-state index in [0.29, 0.717) is 22.8 Å². The van der Waals surface area contributed by atoms with Crippen LogP contribution in [-0.4, -0.2) is 25.0 Å². The quantitative estimate of drug-likeness (QED) is 0.817. The molecule has 4 bridgehead atoms. The number of rotatable bonds is 2. The van der Waals surface area contributed by atoms with Crippen molar-refractivity contribution in [2.75, 3.05) is 13.1 Å². The van der Waals surface area contributed by atoms with E-state index in [1.165, 1.54) is 25.7 Å². The Balaban J connectivity index is 0.00000144. The van der Waals surface area contributed by atoms with E-state index in [0.717, 1.165) is 44.7 Å². The Bertz CT molecular complexity index is 442.